The van der Waals surface area contributed by atoms with Gasteiger partial charge in [-0.25, -0.2) is 0 Å². The van der Waals surface area contributed by atoms with Crippen LogP contribution in [0.5, 0.6) is 5.75 Å². The molecule has 0 fully saturated rings. The Labute approximate surface area is 77.4 Å². The quantitative estimate of drug-likeness (QED) is 0.705. The van der Waals surface area contributed by atoms with Gasteiger partial charge in [0.05, 0.1) is 12.5 Å². The predicted octanol–water partition coefficient (Wildman–Crippen LogP) is 1.95. The number of aryl methyl sites for hydroxylation is 2. The molecule has 0 saturated carbocycles. The van der Waals surface area contributed by atoms with Crippen LogP contribution in [0, 0.1) is 11.3 Å². The fraction of sp³-hybridized carbons (Fsp3) is 0.364. The number of benzene rings is 1. The molecule has 0 bridgehead atoms. The summed E-state index contributed by atoms with van der Waals surface area (Å²) in [5.74, 6) is 0.280. The van der Waals surface area contributed by atoms with Crippen LogP contribution in [0.15, 0.2) is 12.1 Å². The molecular formula is C11H11NO. The molecule has 1 aliphatic carbocycles. The normalized spacial score (nSPS) is 13.8. The smallest absolute Gasteiger partial charge is 0.120 e. The molecule has 0 aliphatic heterocycles. The van der Waals surface area contributed by atoms with Crippen LogP contribution in [0.25, 0.3) is 0 Å². The zero-order valence-electron chi connectivity index (χ0n) is 7.38. The van der Waals surface area contributed by atoms with Gasteiger partial charge in [-0.05, 0) is 36.5 Å². The summed E-state index contributed by atoms with van der Waals surface area (Å²) in [5, 5.41) is 18.1. The summed E-state index contributed by atoms with van der Waals surface area (Å²) in [5.41, 5.74) is 3.32. The highest BCUT2D eigenvalue weighted by Crippen LogP contribution is 2.29. The summed E-state index contributed by atoms with van der Waals surface area (Å²) in [4.78, 5) is 0. The van der Waals surface area contributed by atoms with E-state index in [9.17, 15) is 5.11 Å². The van der Waals surface area contributed by atoms with Gasteiger partial charge in [-0.2, -0.15) is 5.26 Å². The van der Waals surface area contributed by atoms with Crippen molar-refractivity contribution in [2.45, 2.75) is 25.7 Å². The molecule has 1 aromatic rings. The maximum Gasteiger partial charge on any atom is 0.120 e. The van der Waals surface area contributed by atoms with Crippen molar-refractivity contribution in [1.82, 2.24) is 0 Å². The minimum Gasteiger partial charge on any atom is -0.508 e. The molecule has 1 aliphatic rings. The fourth-order valence-electron chi connectivity index (χ4n) is 1.89. The average molecular weight is 173 g/mol. The Morgan fingerprint density at radius 1 is 1.31 bits per heavy atom. The molecule has 0 heterocycles. The molecule has 1 aromatic carbocycles. The second-order valence-corrected chi connectivity index (χ2v) is 3.44. The average Bonchev–Trinajstić information content (AvgIpc) is 2.52. The summed E-state index contributed by atoms with van der Waals surface area (Å²) in [7, 11) is 0. The van der Waals surface area contributed by atoms with Gasteiger partial charge >= 0.3 is 0 Å². The number of aromatic hydroxyl groups is 1. The molecule has 2 nitrogen and oxygen atoms in total. The van der Waals surface area contributed by atoms with Crippen LogP contribution in [0.3, 0.4) is 0 Å². The molecule has 13 heavy (non-hydrogen) atoms. The Morgan fingerprint density at radius 3 is 2.69 bits per heavy atom. The molecule has 0 atom stereocenters. The van der Waals surface area contributed by atoms with E-state index in [2.05, 4.69) is 6.07 Å². The maximum atomic E-state index is 9.55. The summed E-state index contributed by atoms with van der Waals surface area (Å²) in [6.45, 7) is 0. The number of hydrogen-bond donors (Lipinski definition) is 1. The monoisotopic (exact) mass is 173 g/mol. The third-order valence-corrected chi connectivity index (χ3v) is 2.56. The van der Waals surface area contributed by atoms with Crippen LogP contribution in [0.1, 0.15) is 23.1 Å². The SMILES string of the molecule is N#CCc1cc2c(cc1O)CCC2. The molecule has 0 aromatic heterocycles. The minimum absolute atomic E-state index is 0.280. The van der Waals surface area contributed by atoms with Gasteiger partial charge in [0.2, 0.25) is 0 Å². The lowest BCUT2D eigenvalue weighted by Crippen LogP contribution is -1.88. The lowest BCUT2D eigenvalue weighted by molar-refractivity contribution is 0.469. The number of rotatable bonds is 1. The third-order valence-electron chi connectivity index (χ3n) is 2.56. The largest absolute Gasteiger partial charge is 0.508 e. The number of phenols is 1. The van der Waals surface area contributed by atoms with E-state index in [4.69, 9.17) is 5.26 Å². The van der Waals surface area contributed by atoms with Crippen molar-refractivity contribution < 1.29 is 5.11 Å². The Balaban J connectivity index is 2.44. The Bertz CT molecular complexity index is 376. The van der Waals surface area contributed by atoms with Crippen LogP contribution in [0.4, 0.5) is 0 Å². The van der Waals surface area contributed by atoms with Gasteiger partial charge in [0.1, 0.15) is 5.75 Å². The highest BCUT2D eigenvalue weighted by Gasteiger charge is 2.13. The lowest BCUT2D eigenvalue weighted by atomic mass is 10.0. The van der Waals surface area contributed by atoms with Gasteiger partial charge in [-0.3, -0.25) is 0 Å². The molecule has 0 unspecified atom stereocenters. The Hall–Kier alpha value is -1.49. The summed E-state index contributed by atoms with van der Waals surface area (Å²) >= 11 is 0. The first kappa shape index (κ1) is 8.12. The predicted molar refractivity (Wildman–Crippen MR) is 49.4 cm³/mol. The van der Waals surface area contributed by atoms with Gasteiger partial charge in [-0.1, -0.05) is 6.07 Å². The summed E-state index contributed by atoms with van der Waals surface area (Å²) in [6.07, 6.45) is 3.63. The molecule has 2 heteroatoms. The van der Waals surface area contributed by atoms with Crippen molar-refractivity contribution in [1.29, 1.82) is 5.26 Å². The van der Waals surface area contributed by atoms with Gasteiger partial charge < -0.3 is 5.11 Å². The Kier molecular flexibility index (Phi) is 1.94. The van der Waals surface area contributed by atoms with Crippen LogP contribution in [-0.2, 0) is 19.3 Å². The Morgan fingerprint density at radius 2 is 2.00 bits per heavy atom. The van der Waals surface area contributed by atoms with Crippen LogP contribution in [-0.4, -0.2) is 5.11 Å². The van der Waals surface area contributed by atoms with Crippen LogP contribution in [0.2, 0.25) is 0 Å². The van der Waals surface area contributed by atoms with Gasteiger partial charge in [0.25, 0.3) is 0 Å². The molecule has 66 valence electrons. The first-order valence-corrected chi connectivity index (χ1v) is 4.52. The highest BCUT2D eigenvalue weighted by molar-refractivity contribution is 5.44. The first-order valence-electron chi connectivity index (χ1n) is 4.52. The number of nitriles is 1. The second kappa shape index (κ2) is 3.10. The molecule has 0 saturated heterocycles. The standard InChI is InChI=1S/C11H11NO/c12-5-4-10-6-8-2-1-3-9(8)7-11(10)13/h6-7,13H,1-4H2. The van der Waals surface area contributed by atoms with E-state index in [1.54, 1.807) is 0 Å². The van der Waals surface area contributed by atoms with E-state index in [1.165, 1.54) is 17.5 Å². The molecule has 0 spiro atoms. The van der Waals surface area contributed by atoms with E-state index in [-0.39, 0.29) is 5.75 Å². The number of fused-ring (bicyclic) bond motifs is 1. The van der Waals surface area contributed by atoms with Crippen molar-refractivity contribution in [2.75, 3.05) is 0 Å². The van der Waals surface area contributed by atoms with Gasteiger partial charge in [-0.15, -0.1) is 0 Å². The molecule has 2 rings (SSSR count). The lowest BCUT2D eigenvalue weighted by Gasteiger charge is -2.04. The van der Waals surface area contributed by atoms with Crippen LogP contribution < -0.4 is 0 Å². The first-order chi connectivity index (χ1) is 6.31. The maximum absolute atomic E-state index is 9.55. The fourth-order valence-corrected chi connectivity index (χ4v) is 1.89. The van der Waals surface area contributed by atoms with Crippen molar-refractivity contribution in [2.24, 2.45) is 0 Å². The van der Waals surface area contributed by atoms with Crippen LogP contribution >= 0.6 is 0 Å². The third kappa shape index (κ3) is 1.38. The van der Waals surface area contributed by atoms with Crippen molar-refractivity contribution >= 4 is 0 Å². The van der Waals surface area contributed by atoms with E-state index in [1.807, 2.05) is 12.1 Å². The number of phenolic OH excluding ortho intramolecular Hbond substituents is 1. The minimum atomic E-state index is 0.280. The van der Waals surface area contributed by atoms with Crippen molar-refractivity contribution in [3.05, 3.63) is 28.8 Å². The summed E-state index contributed by atoms with van der Waals surface area (Å²) < 4.78 is 0. The van der Waals surface area contributed by atoms with Crippen molar-refractivity contribution in [3.63, 3.8) is 0 Å². The van der Waals surface area contributed by atoms with E-state index >= 15 is 0 Å². The van der Waals surface area contributed by atoms with Gasteiger partial charge in [0.15, 0.2) is 0 Å². The topological polar surface area (TPSA) is 44.0 Å². The van der Waals surface area contributed by atoms with E-state index in [0.717, 1.165) is 18.4 Å². The molecular weight excluding hydrogens is 162 g/mol. The number of hydrogen-bond acceptors (Lipinski definition) is 2. The van der Waals surface area contributed by atoms with Crippen molar-refractivity contribution in [3.8, 4) is 11.8 Å². The zero-order valence-corrected chi connectivity index (χ0v) is 7.38. The summed E-state index contributed by atoms with van der Waals surface area (Å²) in [6, 6.07) is 5.84. The number of nitrogens with zero attached hydrogens (tertiary/aromatic N) is 1. The molecule has 1 N–H and O–H groups in total. The second-order valence-electron chi connectivity index (χ2n) is 3.44. The molecule has 0 radical (unpaired) electrons. The van der Waals surface area contributed by atoms with E-state index < -0.39 is 0 Å². The van der Waals surface area contributed by atoms with Gasteiger partial charge in [0, 0.05) is 5.56 Å². The zero-order chi connectivity index (χ0) is 9.26. The highest BCUT2D eigenvalue weighted by atomic mass is 16.3. The molecule has 0 amide bonds. The van der Waals surface area contributed by atoms with E-state index in [0.29, 0.717) is 6.42 Å².